The summed E-state index contributed by atoms with van der Waals surface area (Å²) in [5, 5.41) is 4.86. The molecule has 0 aromatic heterocycles. The predicted molar refractivity (Wildman–Crippen MR) is 78.9 cm³/mol. The molecule has 0 radical (unpaired) electrons. The number of fused-ring (bicyclic) bond motifs is 2. The molecule has 0 fully saturated rings. The van der Waals surface area contributed by atoms with Crippen molar-refractivity contribution in [2.75, 3.05) is 0 Å². The third kappa shape index (κ3) is 1.59. The largest absolute Gasteiger partial charge is 0.326 e. The van der Waals surface area contributed by atoms with Gasteiger partial charge in [-0.1, -0.05) is 48.5 Å². The number of halogens is 1. The predicted octanol–water partition coefficient (Wildman–Crippen LogP) is 4.19. The van der Waals surface area contributed by atoms with Gasteiger partial charge in [-0.25, -0.2) is 0 Å². The number of rotatable bonds is 2. The van der Waals surface area contributed by atoms with Crippen molar-refractivity contribution in [3.63, 3.8) is 0 Å². The summed E-state index contributed by atoms with van der Waals surface area (Å²) >= 11 is 6.15. The van der Waals surface area contributed by atoms with Gasteiger partial charge in [0.05, 0.1) is 0 Å². The first-order valence-corrected chi connectivity index (χ1v) is 6.57. The standard InChI is InChI=1S/C16H14ClN/c17-9-15-11-5-1-3-7-13(11)16(10-18)14-8-4-2-6-12(14)15/h1-8H,9-10,18H2. The summed E-state index contributed by atoms with van der Waals surface area (Å²) in [5.74, 6) is 0.520. The van der Waals surface area contributed by atoms with Crippen LogP contribution in [-0.4, -0.2) is 0 Å². The summed E-state index contributed by atoms with van der Waals surface area (Å²) in [4.78, 5) is 0. The van der Waals surface area contributed by atoms with Crippen LogP contribution in [0.5, 0.6) is 0 Å². The summed E-state index contributed by atoms with van der Waals surface area (Å²) in [6.07, 6.45) is 0. The van der Waals surface area contributed by atoms with Crippen molar-refractivity contribution in [2.45, 2.75) is 12.4 Å². The van der Waals surface area contributed by atoms with E-state index in [0.717, 1.165) is 0 Å². The van der Waals surface area contributed by atoms with Gasteiger partial charge in [-0.05, 0) is 32.7 Å². The molecule has 3 aromatic rings. The van der Waals surface area contributed by atoms with Gasteiger partial charge in [-0.3, -0.25) is 0 Å². The molecule has 0 aliphatic carbocycles. The molecule has 0 saturated carbocycles. The van der Waals surface area contributed by atoms with Crippen molar-refractivity contribution in [2.24, 2.45) is 5.73 Å². The molecular formula is C16H14ClN. The Hall–Kier alpha value is -1.57. The molecule has 3 rings (SSSR count). The highest BCUT2D eigenvalue weighted by Crippen LogP contribution is 2.33. The molecule has 0 unspecified atom stereocenters. The van der Waals surface area contributed by atoms with Crippen LogP contribution < -0.4 is 5.73 Å². The highest BCUT2D eigenvalue weighted by molar-refractivity contribution is 6.20. The van der Waals surface area contributed by atoms with Gasteiger partial charge < -0.3 is 5.73 Å². The van der Waals surface area contributed by atoms with Crippen molar-refractivity contribution >= 4 is 33.1 Å². The van der Waals surface area contributed by atoms with Gasteiger partial charge >= 0.3 is 0 Å². The van der Waals surface area contributed by atoms with Crippen LogP contribution in [0.25, 0.3) is 21.5 Å². The Bertz CT molecular complexity index is 600. The highest BCUT2D eigenvalue weighted by Gasteiger charge is 2.11. The molecule has 0 aliphatic rings. The molecule has 90 valence electrons. The van der Waals surface area contributed by atoms with Gasteiger partial charge in [0.2, 0.25) is 0 Å². The van der Waals surface area contributed by atoms with E-state index in [1.54, 1.807) is 0 Å². The van der Waals surface area contributed by atoms with Crippen LogP contribution >= 0.6 is 11.6 Å². The van der Waals surface area contributed by atoms with Gasteiger partial charge in [0.25, 0.3) is 0 Å². The molecule has 1 nitrogen and oxygen atoms in total. The lowest BCUT2D eigenvalue weighted by Crippen LogP contribution is -2.00. The zero-order valence-electron chi connectivity index (χ0n) is 9.99. The minimum absolute atomic E-state index is 0.520. The second-order valence-electron chi connectivity index (χ2n) is 4.39. The molecule has 18 heavy (non-hydrogen) atoms. The van der Waals surface area contributed by atoms with Gasteiger partial charge in [0.1, 0.15) is 0 Å². The Morgan fingerprint density at radius 2 is 1.11 bits per heavy atom. The summed E-state index contributed by atoms with van der Waals surface area (Å²) in [6, 6.07) is 16.7. The van der Waals surface area contributed by atoms with Crippen molar-refractivity contribution in [1.29, 1.82) is 0 Å². The van der Waals surface area contributed by atoms with Gasteiger partial charge in [0, 0.05) is 12.4 Å². The van der Waals surface area contributed by atoms with Crippen LogP contribution in [0.15, 0.2) is 48.5 Å². The monoisotopic (exact) mass is 255 g/mol. The molecule has 0 heterocycles. The quantitative estimate of drug-likeness (QED) is 0.539. The minimum Gasteiger partial charge on any atom is -0.326 e. The molecule has 0 amide bonds. The zero-order valence-corrected chi connectivity index (χ0v) is 10.7. The van der Waals surface area contributed by atoms with Crippen molar-refractivity contribution in [3.05, 3.63) is 59.7 Å². The highest BCUT2D eigenvalue weighted by atomic mass is 35.5. The normalized spacial score (nSPS) is 11.2. The SMILES string of the molecule is NCc1c2ccccc2c(CCl)c2ccccc12. The van der Waals surface area contributed by atoms with Gasteiger partial charge in [-0.2, -0.15) is 0 Å². The molecule has 0 aliphatic heterocycles. The molecule has 0 spiro atoms. The third-order valence-electron chi connectivity index (χ3n) is 3.49. The van der Waals surface area contributed by atoms with Gasteiger partial charge in [0.15, 0.2) is 0 Å². The lowest BCUT2D eigenvalue weighted by molar-refractivity contribution is 1.10. The maximum atomic E-state index is 6.15. The van der Waals surface area contributed by atoms with E-state index in [1.807, 2.05) is 24.3 Å². The molecular weight excluding hydrogens is 242 g/mol. The van der Waals surface area contributed by atoms with E-state index in [2.05, 4.69) is 24.3 Å². The van der Waals surface area contributed by atoms with Crippen molar-refractivity contribution in [3.8, 4) is 0 Å². The fourth-order valence-corrected chi connectivity index (χ4v) is 2.96. The smallest absolute Gasteiger partial charge is 0.0486 e. The first-order chi connectivity index (χ1) is 8.86. The second-order valence-corrected chi connectivity index (χ2v) is 4.65. The van der Waals surface area contributed by atoms with E-state index >= 15 is 0 Å². The third-order valence-corrected chi connectivity index (χ3v) is 3.76. The zero-order chi connectivity index (χ0) is 12.5. The number of hydrogen-bond acceptors (Lipinski definition) is 1. The number of benzene rings is 3. The molecule has 0 saturated heterocycles. The topological polar surface area (TPSA) is 26.0 Å². The van der Waals surface area contributed by atoms with E-state index in [-0.39, 0.29) is 0 Å². The van der Waals surface area contributed by atoms with Crippen LogP contribution in [0.1, 0.15) is 11.1 Å². The van der Waals surface area contributed by atoms with Crippen LogP contribution in [0.3, 0.4) is 0 Å². The number of nitrogens with two attached hydrogens (primary N) is 1. The van der Waals surface area contributed by atoms with Crippen LogP contribution in [0, 0.1) is 0 Å². The fraction of sp³-hybridized carbons (Fsp3) is 0.125. The molecule has 3 aromatic carbocycles. The summed E-state index contributed by atoms with van der Waals surface area (Å²) < 4.78 is 0. The van der Waals surface area contributed by atoms with Crippen molar-refractivity contribution in [1.82, 2.24) is 0 Å². The van der Waals surface area contributed by atoms with E-state index in [1.165, 1.54) is 32.7 Å². The van der Waals surface area contributed by atoms with Gasteiger partial charge in [-0.15, -0.1) is 11.6 Å². The second kappa shape index (κ2) is 4.60. The number of hydrogen-bond donors (Lipinski definition) is 1. The first-order valence-electron chi connectivity index (χ1n) is 6.04. The maximum Gasteiger partial charge on any atom is 0.0486 e. The van der Waals surface area contributed by atoms with E-state index in [4.69, 9.17) is 17.3 Å². The van der Waals surface area contributed by atoms with Crippen molar-refractivity contribution < 1.29 is 0 Å². The van der Waals surface area contributed by atoms with Crippen LogP contribution in [-0.2, 0) is 12.4 Å². The fourth-order valence-electron chi connectivity index (χ4n) is 2.67. The Morgan fingerprint density at radius 1 is 0.722 bits per heavy atom. The summed E-state index contributed by atoms with van der Waals surface area (Å²) in [7, 11) is 0. The van der Waals surface area contributed by atoms with Crippen LogP contribution in [0.4, 0.5) is 0 Å². The average molecular weight is 256 g/mol. The lowest BCUT2D eigenvalue weighted by atomic mass is 9.92. The molecule has 0 atom stereocenters. The average Bonchev–Trinajstić information content (AvgIpc) is 2.44. The molecule has 2 N–H and O–H groups in total. The first kappa shape index (κ1) is 11.5. The van der Waals surface area contributed by atoms with Crippen LogP contribution in [0.2, 0.25) is 0 Å². The molecule has 0 bridgehead atoms. The maximum absolute atomic E-state index is 6.15. The van der Waals surface area contributed by atoms with E-state index in [9.17, 15) is 0 Å². The summed E-state index contributed by atoms with van der Waals surface area (Å²) in [6.45, 7) is 0.545. The number of alkyl halides is 1. The minimum atomic E-state index is 0.520. The van der Waals surface area contributed by atoms with E-state index < -0.39 is 0 Å². The molecule has 2 heteroatoms. The van der Waals surface area contributed by atoms with E-state index in [0.29, 0.717) is 12.4 Å². The Labute approximate surface area is 111 Å². The summed E-state index contributed by atoms with van der Waals surface area (Å²) in [5.41, 5.74) is 8.34. The Morgan fingerprint density at radius 3 is 1.44 bits per heavy atom. The Kier molecular flexibility index (Phi) is 2.94. The Balaban J connectivity index is 2.61. The lowest BCUT2D eigenvalue weighted by Gasteiger charge is -2.14.